The van der Waals surface area contributed by atoms with Gasteiger partial charge >= 0.3 is 5.97 Å². The first kappa shape index (κ1) is 8.98. The molecule has 0 aliphatic rings. The molecule has 0 saturated carbocycles. The van der Waals surface area contributed by atoms with Crippen LogP contribution in [-0.2, 0) is 4.79 Å². The average molecular weight is 188 g/mol. The number of H-pyrrole nitrogens is 1. The third-order valence-electron chi connectivity index (χ3n) is 1.22. The van der Waals surface area contributed by atoms with Crippen molar-refractivity contribution < 1.29 is 9.90 Å². The Hall–Kier alpha value is -1.11. The van der Waals surface area contributed by atoms with Crippen LogP contribution in [0.4, 0.5) is 0 Å². The summed E-state index contributed by atoms with van der Waals surface area (Å²) in [4.78, 5) is 10.5. The second kappa shape index (κ2) is 4.05. The number of nitrogens with one attached hydrogen (secondary N) is 1. The monoisotopic (exact) mass is 188 g/mol. The van der Waals surface area contributed by atoms with Crippen LogP contribution in [0.25, 0.3) is 0 Å². The van der Waals surface area contributed by atoms with E-state index < -0.39 is 11.2 Å². The fourth-order valence-electron chi connectivity index (χ4n) is 0.638. The van der Waals surface area contributed by atoms with Gasteiger partial charge in [-0.15, -0.1) is 10.2 Å². The summed E-state index contributed by atoms with van der Waals surface area (Å²) in [6, 6.07) is 0. The Kier molecular flexibility index (Phi) is 3.03. The third-order valence-corrected chi connectivity index (χ3v) is 2.42. The van der Waals surface area contributed by atoms with E-state index in [0.29, 0.717) is 11.6 Å². The van der Waals surface area contributed by atoms with Crippen LogP contribution >= 0.6 is 11.8 Å². The zero-order valence-corrected chi connectivity index (χ0v) is 7.21. The van der Waals surface area contributed by atoms with E-state index in [9.17, 15) is 4.79 Å². The number of carboxylic acid groups (broad SMARTS) is 1. The zero-order chi connectivity index (χ0) is 8.97. The minimum atomic E-state index is -0.854. The van der Waals surface area contributed by atoms with Gasteiger partial charge in [-0.05, 0) is 11.6 Å². The molecule has 6 nitrogen and oxygen atoms in total. The molecule has 66 valence electrons. The van der Waals surface area contributed by atoms with Crippen molar-refractivity contribution >= 4 is 17.7 Å². The number of carbonyl (C=O) groups is 1. The number of aromatic nitrogens is 4. The average Bonchev–Trinajstić information content (AvgIpc) is 2.51. The van der Waals surface area contributed by atoms with Gasteiger partial charge in [0.25, 0.3) is 0 Å². The van der Waals surface area contributed by atoms with Crippen molar-refractivity contribution in [1.29, 1.82) is 0 Å². The maximum atomic E-state index is 10.5. The van der Waals surface area contributed by atoms with Crippen LogP contribution in [0.5, 0.6) is 0 Å². The number of nitrogens with zero attached hydrogens (tertiary/aromatic N) is 3. The molecular formula is C5H8N4O2S. The van der Waals surface area contributed by atoms with Crippen LogP contribution in [0.15, 0.2) is 5.16 Å². The van der Waals surface area contributed by atoms with Crippen LogP contribution in [0.3, 0.4) is 0 Å². The van der Waals surface area contributed by atoms with Crippen LogP contribution in [0, 0.1) is 0 Å². The lowest BCUT2D eigenvalue weighted by Gasteiger charge is -2.03. The van der Waals surface area contributed by atoms with Gasteiger partial charge in [0.1, 0.15) is 5.25 Å². The molecule has 1 aromatic rings. The van der Waals surface area contributed by atoms with Crippen molar-refractivity contribution in [3.63, 3.8) is 0 Å². The van der Waals surface area contributed by atoms with Crippen molar-refractivity contribution in [2.24, 2.45) is 0 Å². The molecule has 2 N–H and O–H groups in total. The number of aliphatic carboxylic acids is 1. The molecule has 1 atom stereocenters. The van der Waals surface area contributed by atoms with E-state index in [-0.39, 0.29) is 0 Å². The molecule has 0 radical (unpaired) electrons. The summed E-state index contributed by atoms with van der Waals surface area (Å²) in [5, 5.41) is 21.4. The molecule has 1 rings (SSSR count). The molecule has 0 aliphatic heterocycles. The summed E-state index contributed by atoms with van der Waals surface area (Å²) in [5.74, 6) is -0.854. The molecule has 0 aromatic carbocycles. The minimum Gasteiger partial charge on any atom is -0.480 e. The highest BCUT2D eigenvalue weighted by Crippen LogP contribution is 2.20. The summed E-state index contributed by atoms with van der Waals surface area (Å²) in [6.45, 7) is 1.80. The maximum Gasteiger partial charge on any atom is 0.317 e. The van der Waals surface area contributed by atoms with E-state index in [1.54, 1.807) is 6.92 Å². The lowest BCUT2D eigenvalue weighted by atomic mass is 10.3. The van der Waals surface area contributed by atoms with Crippen LogP contribution in [0.1, 0.15) is 13.3 Å². The fraction of sp³-hybridized carbons (Fsp3) is 0.600. The first-order chi connectivity index (χ1) is 5.74. The molecule has 0 fully saturated rings. The summed E-state index contributed by atoms with van der Waals surface area (Å²) >= 11 is 1.09. The highest BCUT2D eigenvalue weighted by molar-refractivity contribution is 8.00. The molecule has 0 aliphatic carbocycles. The highest BCUT2D eigenvalue weighted by atomic mass is 32.2. The zero-order valence-electron chi connectivity index (χ0n) is 6.39. The summed E-state index contributed by atoms with van der Waals surface area (Å²) < 4.78 is 0. The van der Waals surface area contributed by atoms with Gasteiger partial charge in [0, 0.05) is 0 Å². The van der Waals surface area contributed by atoms with Crippen molar-refractivity contribution in [2.75, 3.05) is 0 Å². The number of aromatic amines is 1. The first-order valence-corrected chi connectivity index (χ1v) is 4.25. The SMILES string of the molecule is CCC(Sc1nn[nH]n1)C(=O)O. The maximum absolute atomic E-state index is 10.5. The Labute approximate surface area is 72.7 Å². The van der Waals surface area contributed by atoms with Gasteiger partial charge in [-0.2, -0.15) is 5.21 Å². The molecule has 0 bridgehead atoms. The highest BCUT2D eigenvalue weighted by Gasteiger charge is 2.18. The van der Waals surface area contributed by atoms with E-state index in [1.165, 1.54) is 0 Å². The second-order valence-corrected chi connectivity index (χ2v) is 3.22. The molecule has 1 unspecified atom stereocenters. The normalized spacial score (nSPS) is 12.8. The Morgan fingerprint density at radius 1 is 1.83 bits per heavy atom. The molecule has 0 amide bonds. The lowest BCUT2D eigenvalue weighted by Crippen LogP contribution is -2.14. The lowest BCUT2D eigenvalue weighted by molar-refractivity contribution is -0.136. The van der Waals surface area contributed by atoms with Gasteiger partial charge in [0.15, 0.2) is 0 Å². The smallest absolute Gasteiger partial charge is 0.317 e. The Morgan fingerprint density at radius 3 is 3.00 bits per heavy atom. The Morgan fingerprint density at radius 2 is 2.58 bits per heavy atom. The van der Waals surface area contributed by atoms with E-state index in [0.717, 1.165) is 11.8 Å². The molecule has 12 heavy (non-hydrogen) atoms. The number of thioether (sulfide) groups is 1. The largest absolute Gasteiger partial charge is 0.480 e. The van der Waals surface area contributed by atoms with E-state index in [2.05, 4.69) is 20.6 Å². The van der Waals surface area contributed by atoms with Gasteiger partial charge < -0.3 is 5.11 Å². The van der Waals surface area contributed by atoms with Gasteiger partial charge in [0.2, 0.25) is 5.16 Å². The Bertz CT molecular complexity index is 250. The van der Waals surface area contributed by atoms with Crippen molar-refractivity contribution in [3.8, 4) is 0 Å². The van der Waals surface area contributed by atoms with E-state index in [4.69, 9.17) is 5.11 Å². The van der Waals surface area contributed by atoms with E-state index in [1.807, 2.05) is 0 Å². The molecule has 0 saturated heterocycles. The van der Waals surface area contributed by atoms with Crippen molar-refractivity contribution in [2.45, 2.75) is 23.8 Å². The molecule has 1 aromatic heterocycles. The Balaban J connectivity index is 2.54. The van der Waals surface area contributed by atoms with Crippen molar-refractivity contribution in [3.05, 3.63) is 0 Å². The number of tetrazole rings is 1. The van der Waals surface area contributed by atoms with Gasteiger partial charge in [-0.3, -0.25) is 4.79 Å². The van der Waals surface area contributed by atoms with E-state index >= 15 is 0 Å². The molecular weight excluding hydrogens is 180 g/mol. The molecule has 0 spiro atoms. The first-order valence-electron chi connectivity index (χ1n) is 3.37. The topological polar surface area (TPSA) is 91.8 Å². The number of carboxylic acids is 1. The summed E-state index contributed by atoms with van der Waals surface area (Å²) in [5.41, 5.74) is 0. The standard InChI is InChI=1S/C5H8N4O2S/c1-2-3(4(10)11)12-5-6-8-9-7-5/h3H,2H2,1H3,(H,10,11)(H,6,7,8,9). The van der Waals surface area contributed by atoms with Crippen LogP contribution in [0.2, 0.25) is 0 Å². The summed E-state index contributed by atoms with van der Waals surface area (Å²) in [7, 11) is 0. The second-order valence-electron chi connectivity index (χ2n) is 2.05. The number of hydrogen-bond donors (Lipinski definition) is 2. The predicted octanol–water partition coefficient (Wildman–Crippen LogP) is 0.155. The number of rotatable bonds is 4. The summed E-state index contributed by atoms with van der Waals surface area (Å²) in [6.07, 6.45) is 0.536. The quantitative estimate of drug-likeness (QED) is 0.654. The minimum absolute atomic E-state index is 0.365. The molecule has 1 heterocycles. The van der Waals surface area contributed by atoms with Crippen LogP contribution in [-0.4, -0.2) is 36.9 Å². The van der Waals surface area contributed by atoms with Gasteiger partial charge in [0.05, 0.1) is 0 Å². The third kappa shape index (κ3) is 2.19. The molecule has 7 heteroatoms. The van der Waals surface area contributed by atoms with Crippen molar-refractivity contribution in [1.82, 2.24) is 20.6 Å². The number of hydrogen-bond acceptors (Lipinski definition) is 5. The van der Waals surface area contributed by atoms with Gasteiger partial charge in [-0.25, -0.2) is 0 Å². The van der Waals surface area contributed by atoms with Gasteiger partial charge in [-0.1, -0.05) is 18.7 Å². The van der Waals surface area contributed by atoms with Crippen LogP contribution < -0.4 is 0 Å². The predicted molar refractivity (Wildman–Crippen MR) is 41.7 cm³/mol. The fourth-order valence-corrected chi connectivity index (χ4v) is 1.34.